The maximum Gasteiger partial charge on any atom is 0.0597 e. The second-order valence-electron chi connectivity index (χ2n) is 6.31. The Bertz CT molecular complexity index is 305. The van der Waals surface area contributed by atoms with Crippen molar-refractivity contribution in [1.82, 2.24) is 0 Å². The SMILES string of the molecule is CC1=CC[C@@H](C=CC(C)(C)C(C)O)C1(C)C. The van der Waals surface area contributed by atoms with Gasteiger partial charge in [0.1, 0.15) is 0 Å². The monoisotopic (exact) mass is 222 g/mol. The minimum absolute atomic E-state index is 0.132. The van der Waals surface area contributed by atoms with Crippen molar-refractivity contribution in [1.29, 1.82) is 0 Å². The summed E-state index contributed by atoms with van der Waals surface area (Å²) in [5, 5.41) is 9.67. The summed E-state index contributed by atoms with van der Waals surface area (Å²) >= 11 is 0. The highest BCUT2D eigenvalue weighted by Gasteiger charge is 2.33. The average Bonchev–Trinajstić information content (AvgIpc) is 2.39. The topological polar surface area (TPSA) is 20.2 Å². The minimum Gasteiger partial charge on any atom is -0.393 e. The Hall–Kier alpha value is -0.560. The molecule has 1 N–H and O–H groups in total. The number of allylic oxidation sites excluding steroid dienone is 3. The first-order valence-electron chi connectivity index (χ1n) is 6.22. The molecule has 0 saturated carbocycles. The molecule has 1 heteroatoms. The third-order valence-corrected chi connectivity index (χ3v) is 4.46. The van der Waals surface area contributed by atoms with E-state index in [9.17, 15) is 5.11 Å². The van der Waals surface area contributed by atoms with E-state index in [2.05, 4.69) is 52.8 Å². The van der Waals surface area contributed by atoms with E-state index in [4.69, 9.17) is 0 Å². The maximum atomic E-state index is 9.67. The molecule has 0 aliphatic heterocycles. The minimum atomic E-state index is -0.303. The van der Waals surface area contributed by atoms with Crippen LogP contribution >= 0.6 is 0 Å². The molecule has 1 nitrogen and oxygen atoms in total. The predicted octanol–water partition coefficient (Wildman–Crippen LogP) is 3.94. The van der Waals surface area contributed by atoms with E-state index >= 15 is 0 Å². The van der Waals surface area contributed by atoms with Crippen molar-refractivity contribution in [2.24, 2.45) is 16.7 Å². The Morgan fingerprint density at radius 3 is 2.44 bits per heavy atom. The summed E-state index contributed by atoms with van der Waals surface area (Å²) in [5.41, 5.74) is 1.62. The quantitative estimate of drug-likeness (QED) is 0.717. The molecule has 0 fully saturated rings. The lowest BCUT2D eigenvalue weighted by atomic mass is 9.76. The zero-order chi connectivity index (χ0) is 12.6. The van der Waals surface area contributed by atoms with Gasteiger partial charge in [0.05, 0.1) is 6.10 Å². The Morgan fingerprint density at radius 1 is 1.50 bits per heavy atom. The summed E-state index contributed by atoms with van der Waals surface area (Å²) in [6, 6.07) is 0. The smallest absolute Gasteiger partial charge is 0.0597 e. The van der Waals surface area contributed by atoms with Crippen LogP contribution in [0.3, 0.4) is 0 Å². The number of hydrogen-bond donors (Lipinski definition) is 1. The van der Waals surface area contributed by atoms with Crippen molar-refractivity contribution in [3.05, 3.63) is 23.8 Å². The van der Waals surface area contributed by atoms with Gasteiger partial charge in [-0.3, -0.25) is 0 Å². The highest BCUT2D eigenvalue weighted by Crippen LogP contribution is 2.44. The standard InChI is InChI=1S/C15H26O/c1-11-7-8-13(15(11,5)6)9-10-14(3,4)12(2)16/h7,9-10,12-13,16H,8H2,1-6H3/t12?,13-/m0/s1. The van der Waals surface area contributed by atoms with Gasteiger partial charge in [0.25, 0.3) is 0 Å². The van der Waals surface area contributed by atoms with Crippen molar-refractivity contribution in [2.75, 3.05) is 0 Å². The molecule has 1 unspecified atom stereocenters. The van der Waals surface area contributed by atoms with E-state index in [1.165, 1.54) is 5.57 Å². The third-order valence-electron chi connectivity index (χ3n) is 4.46. The molecule has 0 spiro atoms. The van der Waals surface area contributed by atoms with Crippen LogP contribution in [0.25, 0.3) is 0 Å². The average molecular weight is 222 g/mol. The Balaban J connectivity index is 2.74. The van der Waals surface area contributed by atoms with Crippen LogP contribution in [0.5, 0.6) is 0 Å². The normalized spacial score (nSPS) is 27.2. The molecule has 0 saturated heterocycles. The van der Waals surface area contributed by atoms with Crippen LogP contribution in [-0.4, -0.2) is 11.2 Å². The first kappa shape index (κ1) is 13.5. The van der Waals surface area contributed by atoms with Crippen molar-refractivity contribution in [2.45, 2.75) is 54.1 Å². The Morgan fingerprint density at radius 2 is 2.06 bits per heavy atom. The van der Waals surface area contributed by atoms with Gasteiger partial charge in [-0.2, -0.15) is 0 Å². The zero-order valence-electron chi connectivity index (χ0n) is 11.5. The van der Waals surface area contributed by atoms with E-state index < -0.39 is 0 Å². The van der Waals surface area contributed by atoms with Gasteiger partial charge in [0.2, 0.25) is 0 Å². The van der Waals surface area contributed by atoms with Gasteiger partial charge in [-0.05, 0) is 31.6 Å². The summed E-state index contributed by atoms with van der Waals surface area (Å²) in [6.07, 6.45) is 7.63. The third kappa shape index (κ3) is 2.57. The molecule has 1 aliphatic rings. The Kier molecular flexibility index (Phi) is 3.69. The predicted molar refractivity (Wildman–Crippen MR) is 70.2 cm³/mol. The van der Waals surface area contributed by atoms with Gasteiger partial charge in [-0.1, -0.05) is 51.5 Å². The molecule has 0 aromatic heterocycles. The zero-order valence-corrected chi connectivity index (χ0v) is 11.5. The van der Waals surface area contributed by atoms with Crippen LogP contribution in [-0.2, 0) is 0 Å². The second-order valence-corrected chi connectivity index (χ2v) is 6.31. The van der Waals surface area contributed by atoms with Crippen LogP contribution in [0, 0.1) is 16.7 Å². The van der Waals surface area contributed by atoms with E-state index in [0.29, 0.717) is 5.92 Å². The molecular formula is C15H26O. The largest absolute Gasteiger partial charge is 0.393 e. The van der Waals surface area contributed by atoms with Crippen LogP contribution in [0.1, 0.15) is 48.0 Å². The molecule has 16 heavy (non-hydrogen) atoms. The van der Waals surface area contributed by atoms with E-state index in [1.807, 2.05) is 6.92 Å². The van der Waals surface area contributed by atoms with Gasteiger partial charge in [-0.15, -0.1) is 0 Å². The number of aliphatic hydroxyl groups is 1. The van der Waals surface area contributed by atoms with Gasteiger partial charge in [0.15, 0.2) is 0 Å². The van der Waals surface area contributed by atoms with Crippen molar-refractivity contribution in [3.8, 4) is 0 Å². The molecule has 0 heterocycles. The number of hydrogen-bond acceptors (Lipinski definition) is 1. The highest BCUT2D eigenvalue weighted by atomic mass is 16.3. The molecule has 0 aromatic carbocycles. The van der Waals surface area contributed by atoms with Crippen LogP contribution in [0.15, 0.2) is 23.8 Å². The summed E-state index contributed by atoms with van der Waals surface area (Å²) in [4.78, 5) is 0. The second kappa shape index (κ2) is 4.37. The molecule has 0 radical (unpaired) electrons. The molecule has 1 aliphatic carbocycles. The number of rotatable bonds is 3. The fourth-order valence-corrected chi connectivity index (χ4v) is 1.98. The fraction of sp³-hybridized carbons (Fsp3) is 0.733. The van der Waals surface area contributed by atoms with Gasteiger partial charge in [-0.25, -0.2) is 0 Å². The first-order valence-corrected chi connectivity index (χ1v) is 6.22. The maximum absolute atomic E-state index is 9.67. The van der Waals surface area contributed by atoms with Gasteiger partial charge < -0.3 is 5.11 Å². The van der Waals surface area contributed by atoms with Gasteiger partial charge >= 0.3 is 0 Å². The lowest BCUT2D eigenvalue weighted by molar-refractivity contribution is 0.0989. The first-order chi connectivity index (χ1) is 7.18. The Labute approximate surface area is 100 Å². The summed E-state index contributed by atoms with van der Waals surface area (Å²) < 4.78 is 0. The van der Waals surface area contributed by atoms with E-state index in [0.717, 1.165) is 6.42 Å². The van der Waals surface area contributed by atoms with Crippen LogP contribution < -0.4 is 0 Å². The van der Waals surface area contributed by atoms with Crippen molar-refractivity contribution < 1.29 is 5.11 Å². The lowest BCUT2D eigenvalue weighted by Gasteiger charge is -2.29. The molecule has 0 aromatic rings. The lowest BCUT2D eigenvalue weighted by Crippen LogP contribution is -2.25. The summed E-state index contributed by atoms with van der Waals surface area (Å²) in [7, 11) is 0. The van der Waals surface area contributed by atoms with Crippen LogP contribution in [0.2, 0.25) is 0 Å². The molecule has 1 rings (SSSR count). The molecule has 2 atom stereocenters. The van der Waals surface area contributed by atoms with Crippen molar-refractivity contribution in [3.63, 3.8) is 0 Å². The summed E-state index contributed by atoms with van der Waals surface area (Å²) in [6.45, 7) is 12.8. The van der Waals surface area contributed by atoms with Crippen LogP contribution in [0.4, 0.5) is 0 Å². The molecule has 0 bridgehead atoms. The van der Waals surface area contributed by atoms with Gasteiger partial charge in [0, 0.05) is 5.41 Å². The molecular weight excluding hydrogens is 196 g/mol. The molecule has 0 amide bonds. The fourth-order valence-electron chi connectivity index (χ4n) is 1.98. The summed E-state index contributed by atoms with van der Waals surface area (Å²) in [5.74, 6) is 0.575. The van der Waals surface area contributed by atoms with E-state index in [1.54, 1.807) is 0 Å². The number of aliphatic hydroxyl groups excluding tert-OH is 1. The highest BCUT2D eigenvalue weighted by molar-refractivity contribution is 5.22. The van der Waals surface area contributed by atoms with Crippen molar-refractivity contribution >= 4 is 0 Å². The van der Waals surface area contributed by atoms with E-state index in [-0.39, 0.29) is 16.9 Å². The molecule has 92 valence electrons.